The summed E-state index contributed by atoms with van der Waals surface area (Å²) >= 11 is 1.61. The second-order valence-corrected chi connectivity index (χ2v) is 4.92. The lowest BCUT2D eigenvalue weighted by atomic mass is 10.1. The molecule has 0 saturated carbocycles. The van der Waals surface area contributed by atoms with E-state index in [-0.39, 0.29) is 11.9 Å². The molecule has 4 heteroatoms. The van der Waals surface area contributed by atoms with Crippen LogP contribution in [0, 0.1) is 5.82 Å². The van der Waals surface area contributed by atoms with Crippen LogP contribution >= 0.6 is 11.3 Å². The third-order valence-electron chi connectivity index (χ3n) is 2.72. The summed E-state index contributed by atoms with van der Waals surface area (Å²) in [5.41, 5.74) is 7.27. The Morgan fingerprint density at radius 1 is 1.35 bits per heavy atom. The van der Waals surface area contributed by atoms with Crippen molar-refractivity contribution < 1.29 is 4.39 Å². The molecule has 1 heterocycles. The van der Waals surface area contributed by atoms with Crippen LogP contribution in [0.3, 0.4) is 0 Å². The number of nitrogen functional groups attached to an aromatic ring is 1. The van der Waals surface area contributed by atoms with Gasteiger partial charge < -0.3 is 11.1 Å². The first-order valence-corrected chi connectivity index (χ1v) is 6.36. The van der Waals surface area contributed by atoms with Crippen molar-refractivity contribution in [3.63, 3.8) is 0 Å². The van der Waals surface area contributed by atoms with Gasteiger partial charge in [0, 0.05) is 28.7 Å². The molecule has 1 atom stereocenters. The third kappa shape index (κ3) is 2.84. The molecule has 2 nitrogen and oxygen atoms in total. The molecule has 2 rings (SSSR count). The van der Waals surface area contributed by atoms with Crippen LogP contribution in [0.5, 0.6) is 0 Å². The first kappa shape index (κ1) is 12.1. The highest BCUT2D eigenvalue weighted by Crippen LogP contribution is 2.21. The zero-order valence-electron chi connectivity index (χ0n) is 9.61. The number of anilines is 1. The SMILES string of the molecule is C[C@@H](NCc1sccc1N)c1ccccc1F. The molecule has 0 spiro atoms. The molecule has 1 aromatic carbocycles. The van der Waals surface area contributed by atoms with Crippen molar-refractivity contribution in [3.8, 4) is 0 Å². The van der Waals surface area contributed by atoms with Gasteiger partial charge in [-0.15, -0.1) is 11.3 Å². The fourth-order valence-electron chi connectivity index (χ4n) is 1.68. The van der Waals surface area contributed by atoms with Gasteiger partial charge in [0.25, 0.3) is 0 Å². The minimum Gasteiger partial charge on any atom is -0.398 e. The fourth-order valence-corrected chi connectivity index (χ4v) is 2.43. The lowest BCUT2D eigenvalue weighted by molar-refractivity contribution is 0.531. The molecule has 0 aliphatic carbocycles. The smallest absolute Gasteiger partial charge is 0.127 e. The molecule has 2 aromatic rings. The Morgan fingerprint density at radius 3 is 2.76 bits per heavy atom. The number of rotatable bonds is 4. The van der Waals surface area contributed by atoms with E-state index in [4.69, 9.17) is 5.73 Å². The summed E-state index contributed by atoms with van der Waals surface area (Å²) in [7, 11) is 0. The van der Waals surface area contributed by atoms with E-state index < -0.39 is 0 Å². The molecule has 0 aliphatic rings. The second kappa shape index (κ2) is 5.29. The summed E-state index contributed by atoms with van der Waals surface area (Å²) < 4.78 is 13.5. The lowest BCUT2D eigenvalue weighted by Crippen LogP contribution is -2.19. The molecule has 0 unspecified atom stereocenters. The van der Waals surface area contributed by atoms with Crippen LogP contribution in [0.15, 0.2) is 35.7 Å². The van der Waals surface area contributed by atoms with Gasteiger partial charge in [-0.05, 0) is 24.4 Å². The van der Waals surface area contributed by atoms with Gasteiger partial charge in [0.1, 0.15) is 5.82 Å². The summed E-state index contributed by atoms with van der Waals surface area (Å²) in [4.78, 5) is 1.09. The molecule has 0 amide bonds. The number of benzene rings is 1. The van der Waals surface area contributed by atoms with Crippen molar-refractivity contribution in [2.45, 2.75) is 19.5 Å². The van der Waals surface area contributed by atoms with Crippen LogP contribution < -0.4 is 11.1 Å². The molecule has 90 valence electrons. The minimum atomic E-state index is -0.174. The maximum absolute atomic E-state index is 13.5. The molecule has 0 aliphatic heterocycles. The third-order valence-corrected chi connectivity index (χ3v) is 3.66. The van der Waals surface area contributed by atoms with Gasteiger partial charge in [0.2, 0.25) is 0 Å². The quantitative estimate of drug-likeness (QED) is 0.873. The van der Waals surface area contributed by atoms with Crippen molar-refractivity contribution in [1.82, 2.24) is 5.32 Å². The first-order chi connectivity index (χ1) is 8.18. The summed E-state index contributed by atoms with van der Waals surface area (Å²) in [5.74, 6) is -0.174. The Bertz CT molecular complexity index is 496. The number of halogens is 1. The van der Waals surface area contributed by atoms with Crippen molar-refractivity contribution in [3.05, 3.63) is 52.0 Å². The summed E-state index contributed by atoms with van der Waals surface area (Å²) in [5, 5.41) is 5.23. The fraction of sp³-hybridized carbons (Fsp3) is 0.231. The van der Waals surface area contributed by atoms with Gasteiger partial charge in [0.15, 0.2) is 0 Å². The van der Waals surface area contributed by atoms with Gasteiger partial charge in [-0.1, -0.05) is 18.2 Å². The van der Waals surface area contributed by atoms with E-state index in [0.29, 0.717) is 12.1 Å². The molecule has 3 N–H and O–H groups in total. The van der Waals surface area contributed by atoms with Crippen molar-refractivity contribution >= 4 is 17.0 Å². The van der Waals surface area contributed by atoms with E-state index in [1.54, 1.807) is 23.5 Å². The molecule has 0 radical (unpaired) electrons. The number of thiophene rings is 1. The highest BCUT2D eigenvalue weighted by Gasteiger charge is 2.10. The minimum absolute atomic E-state index is 0.0299. The Hall–Kier alpha value is -1.39. The topological polar surface area (TPSA) is 38.0 Å². The average Bonchev–Trinajstić information content (AvgIpc) is 2.72. The van der Waals surface area contributed by atoms with Crippen LogP contribution in [-0.2, 0) is 6.54 Å². The Morgan fingerprint density at radius 2 is 2.12 bits per heavy atom. The Kier molecular flexibility index (Phi) is 3.76. The maximum atomic E-state index is 13.5. The molecule has 17 heavy (non-hydrogen) atoms. The molecular weight excluding hydrogens is 235 g/mol. The molecule has 1 aromatic heterocycles. The number of nitrogens with two attached hydrogens (primary N) is 1. The van der Waals surface area contributed by atoms with Crippen LogP contribution in [-0.4, -0.2) is 0 Å². The van der Waals surface area contributed by atoms with Gasteiger partial charge in [0.05, 0.1) is 0 Å². The molecular formula is C13H15FN2S. The van der Waals surface area contributed by atoms with E-state index in [0.717, 1.165) is 10.6 Å². The zero-order valence-corrected chi connectivity index (χ0v) is 10.4. The molecule has 0 fully saturated rings. The van der Waals surface area contributed by atoms with Crippen molar-refractivity contribution in [2.75, 3.05) is 5.73 Å². The van der Waals surface area contributed by atoms with Crippen LogP contribution in [0.2, 0.25) is 0 Å². The Labute approximate surface area is 104 Å². The van der Waals surface area contributed by atoms with E-state index in [1.165, 1.54) is 6.07 Å². The maximum Gasteiger partial charge on any atom is 0.127 e. The monoisotopic (exact) mass is 250 g/mol. The first-order valence-electron chi connectivity index (χ1n) is 5.48. The number of nitrogens with one attached hydrogen (secondary N) is 1. The summed E-state index contributed by atoms with van der Waals surface area (Å²) in [6.45, 7) is 2.61. The Balaban J connectivity index is 2.01. The molecule has 0 saturated heterocycles. The van der Waals surface area contributed by atoms with Crippen LogP contribution in [0.1, 0.15) is 23.4 Å². The predicted molar refractivity (Wildman–Crippen MR) is 70.4 cm³/mol. The van der Waals surface area contributed by atoms with E-state index in [1.807, 2.05) is 24.4 Å². The average molecular weight is 250 g/mol. The number of hydrogen-bond donors (Lipinski definition) is 2. The zero-order chi connectivity index (χ0) is 12.3. The van der Waals surface area contributed by atoms with Gasteiger partial charge in [-0.2, -0.15) is 0 Å². The highest BCUT2D eigenvalue weighted by atomic mass is 32.1. The van der Waals surface area contributed by atoms with Gasteiger partial charge >= 0.3 is 0 Å². The van der Waals surface area contributed by atoms with E-state index in [9.17, 15) is 4.39 Å². The second-order valence-electron chi connectivity index (χ2n) is 3.92. The largest absolute Gasteiger partial charge is 0.398 e. The van der Waals surface area contributed by atoms with Gasteiger partial charge in [-0.3, -0.25) is 0 Å². The lowest BCUT2D eigenvalue weighted by Gasteiger charge is -2.14. The standard InChI is InChI=1S/C13H15FN2S/c1-9(10-4-2-3-5-11(10)14)16-8-13-12(15)6-7-17-13/h2-7,9,16H,8,15H2,1H3/t9-/m1/s1. The number of hydrogen-bond acceptors (Lipinski definition) is 3. The van der Waals surface area contributed by atoms with Crippen LogP contribution in [0.4, 0.5) is 10.1 Å². The van der Waals surface area contributed by atoms with Gasteiger partial charge in [-0.25, -0.2) is 4.39 Å². The van der Waals surface area contributed by atoms with Crippen molar-refractivity contribution in [2.24, 2.45) is 0 Å². The van der Waals surface area contributed by atoms with Crippen molar-refractivity contribution in [1.29, 1.82) is 0 Å². The van der Waals surface area contributed by atoms with E-state index in [2.05, 4.69) is 5.32 Å². The van der Waals surface area contributed by atoms with E-state index >= 15 is 0 Å². The highest BCUT2D eigenvalue weighted by molar-refractivity contribution is 7.10. The predicted octanol–water partition coefficient (Wildman–Crippen LogP) is 3.32. The summed E-state index contributed by atoms with van der Waals surface area (Å²) in [6, 6.07) is 8.67. The molecule has 0 bridgehead atoms. The van der Waals surface area contributed by atoms with Crippen LogP contribution in [0.25, 0.3) is 0 Å². The summed E-state index contributed by atoms with van der Waals surface area (Å²) in [6.07, 6.45) is 0. The normalized spacial score (nSPS) is 12.6.